The molecule has 3 nitrogen and oxygen atoms in total. The highest BCUT2D eigenvalue weighted by Gasteiger charge is 2.21. The number of nitrogens with zero attached hydrogens (tertiary/aromatic N) is 2. The molecule has 0 N–H and O–H groups in total. The number of thiophene rings is 1. The van der Waals surface area contributed by atoms with Crippen LogP contribution in [-0.4, -0.2) is 4.98 Å². The molecule has 0 aliphatic heterocycles. The van der Waals surface area contributed by atoms with Crippen molar-refractivity contribution >= 4 is 70.4 Å². The van der Waals surface area contributed by atoms with Gasteiger partial charge in [0, 0.05) is 38.5 Å². The van der Waals surface area contributed by atoms with Crippen molar-refractivity contribution in [2.24, 2.45) is 0 Å². The lowest BCUT2D eigenvalue weighted by Gasteiger charge is -2.27. The average Bonchev–Trinajstić information content (AvgIpc) is 3.88. The van der Waals surface area contributed by atoms with Gasteiger partial charge < -0.3 is 9.32 Å². The molecule has 11 aromatic rings. The Hall–Kier alpha value is -7.27. The summed E-state index contributed by atoms with van der Waals surface area (Å²) < 4.78 is 8.70. The normalized spacial score (nSPS) is 11.5. The molecule has 9 aromatic carbocycles. The van der Waals surface area contributed by atoms with E-state index in [0.717, 1.165) is 38.4 Å². The summed E-state index contributed by atoms with van der Waals surface area (Å²) in [5.74, 6) is 0.638. The molecule has 0 unspecified atom stereocenters. The molecule has 4 heteroatoms. The smallest absolute Gasteiger partial charge is 0.227 e. The van der Waals surface area contributed by atoms with Crippen LogP contribution in [0.2, 0.25) is 0 Å². The Balaban J connectivity index is 1.12. The highest BCUT2D eigenvalue weighted by molar-refractivity contribution is 7.26. The number of hydrogen-bond acceptors (Lipinski definition) is 4. The van der Waals surface area contributed by atoms with Crippen LogP contribution in [0.15, 0.2) is 211 Å². The van der Waals surface area contributed by atoms with Crippen molar-refractivity contribution in [3.8, 4) is 44.8 Å². The van der Waals surface area contributed by atoms with E-state index in [1.54, 1.807) is 11.3 Å². The summed E-state index contributed by atoms with van der Waals surface area (Å²) in [4.78, 5) is 7.34. The largest absolute Gasteiger partial charge is 0.436 e. The quantitative estimate of drug-likeness (QED) is 0.163. The molecule has 0 bridgehead atoms. The van der Waals surface area contributed by atoms with E-state index in [2.05, 4.69) is 181 Å². The van der Waals surface area contributed by atoms with E-state index in [1.807, 2.05) is 30.3 Å². The zero-order chi connectivity index (χ0) is 37.7. The molecule has 268 valence electrons. The van der Waals surface area contributed by atoms with Crippen LogP contribution in [0.1, 0.15) is 0 Å². The first-order valence-electron chi connectivity index (χ1n) is 19.2. The number of hydrogen-bond donors (Lipinski definition) is 0. The molecule has 0 saturated heterocycles. The number of oxazole rings is 1. The van der Waals surface area contributed by atoms with E-state index in [0.29, 0.717) is 5.89 Å². The van der Waals surface area contributed by atoms with E-state index in [-0.39, 0.29) is 0 Å². The monoisotopic (exact) mass is 746 g/mol. The molecule has 0 atom stereocenters. The Morgan fingerprint density at radius 2 is 1.07 bits per heavy atom. The fourth-order valence-electron chi connectivity index (χ4n) is 8.08. The molecular weight excluding hydrogens is 713 g/mol. The highest BCUT2D eigenvalue weighted by Crippen LogP contribution is 2.47. The molecular formula is C53H34N2OS. The molecule has 0 aliphatic rings. The summed E-state index contributed by atoms with van der Waals surface area (Å²) in [6, 6.07) is 73.7. The van der Waals surface area contributed by atoms with Gasteiger partial charge in [-0.15, -0.1) is 11.3 Å². The number of benzene rings is 9. The fraction of sp³-hybridized carbons (Fsp3) is 0. The second-order valence-corrected chi connectivity index (χ2v) is 15.4. The molecule has 0 aliphatic carbocycles. The van der Waals surface area contributed by atoms with Crippen molar-refractivity contribution in [2.75, 3.05) is 4.90 Å². The Morgan fingerprint density at radius 3 is 1.84 bits per heavy atom. The van der Waals surface area contributed by atoms with Crippen molar-refractivity contribution in [3.63, 3.8) is 0 Å². The maximum Gasteiger partial charge on any atom is 0.227 e. The molecule has 0 radical (unpaired) electrons. The van der Waals surface area contributed by atoms with Crippen molar-refractivity contribution in [3.05, 3.63) is 206 Å². The Labute approximate surface area is 334 Å². The van der Waals surface area contributed by atoms with Crippen molar-refractivity contribution in [1.82, 2.24) is 4.98 Å². The maximum atomic E-state index is 6.34. The number of rotatable bonds is 7. The summed E-state index contributed by atoms with van der Waals surface area (Å²) in [6.07, 6.45) is 0. The van der Waals surface area contributed by atoms with Gasteiger partial charge in [0.05, 0.1) is 10.4 Å². The summed E-state index contributed by atoms with van der Waals surface area (Å²) in [6.45, 7) is 0. The molecule has 2 aromatic heterocycles. The van der Waals surface area contributed by atoms with E-state index < -0.39 is 0 Å². The van der Waals surface area contributed by atoms with E-state index in [4.69, 9.17) is 9.40 Å². The molecule has 11 rings (SSSR count). The number of fused-ring (bicyclic) bond motifs is 5. The van der Waals surface area contributed by atoms with Crippen molar-refractivity contribution in [1.29, 1.82) is 0 Å². The van der Waals surface area contributed by atoms with E-state index >= 15 is 0 Å². The van der Waals surface area contributed by atoms with Gasteiger partial charge in [-0.05, 0) is 98.8 Å². The molecule has 0 fully saturated rings. The molecule has 0 amide bonds. The van der Waals surface area contributed by atoms with E-state index in [1.165, 1.54) is 59.6 Å². The first-order valence-corrected chi connectivity index (χ1v) is 20.0. The fourth-order valence-corrected chi connectivity index (χ4v) is 9.30. The van der Waals surface area contributed by atoms with Gasteiger partial charge in [0.25, 0.3) is 0 Å². The van der Waals surface area contributed by atoms with Crippen LogP contribution in [0.25, 0.3) is 86.9 Å². The summed E-state index contributed by atoms with van der Waals surface area (Å²) in [5.41, 5.74) is 13.0. The summed E-state index contributed by atoms with van der Waals surface area (Å²) in [7, 11) is 0. The van der Waals surface area contributed by atoms with E-state index in [9.17, 15) is 0 Å². The topological polar surface area (TPSA) is 29.3 Å². The average molecular weight is 747 g/mol. The third-order valence-electron chi connectivity index (χ3n) is 10.9. The second-order valence-electron chi connectivity index (χ2n) is 14.4. The van der Waals surface area contributed by atoms with Gasteiger partial charge in [0.2, 0.25) is 5.89 Å². The summed E-state index contributed by atoms with van der Waals surface area (Å²) >= 11 is 1.80. The van der Waals surface area contributed by atoms with Crippen molar-refractivity contribution < 1.29 is 4.42 Å². The standard InChI is InChI=1S/C53H34N2OS/c1-4-13-35(14-5-1)37-25-27-42(28-26-37)55(43-29-30-44(38-16-6-2-7-17-38)46(32-43)41-24-23-36-15-10-11-20-40(36)31-41)49-22-12-21-45-47-33-48-50(34-51(47)57-52(45)49)56-53(54-48)39-18-8-3-9-19-39/h1-34H. The Morgan fingerprint density at radius 1 is 0.421 bits per heavy atom. The first kappa shape index (κ1) is 33.1. The molecule has 0 saturated carbocycles. The maximum absolute atomic E-state index is 6.34. The predicted molar refractivity (Wildman–Crippen MR) is 241 cm³/mol. The van der Waals surface area contributed by atoms with Crippen LogP contribution in [0.4, 0.5) is 17.1 Å². The van der Waals surface area contributed by atoms with Crippen LogP contribution in [-0.2, 0) is 0 Å². The lowest BCUT2D eigenvalue weighted by Crippen LogP contribution is -2.10. The molecule has 0 spiro atoms. The lowest BCUT2D eigenvalue weighted by molar-refractivity contribution is 0.620. The van der Waals surface area contributed by atoms with Gasteiger partial charge in [-0.1, -0.05) is 146 Å². The van der Waals surface area contributed by atoms with Crippen LogP contribution >= 0.6 is 11.3 Å². The Kier molecular flexibility index (Phi) is 8.01. The Bertz CT molecular complexity index is 3220. The SMILES string of the molecule is c1ccc(-c2ccc(N(c3ccc(-c4ccccc4)c(-c4ccc5ccccc5c4)c3)c3cccc4c3sc3cc5oc(-c6ccccc6)nc5cc34)cc2)cc1. The van der Waals surface area contributed by atoms with Crippen LogP contribution < -0.4 is 4.90 Å². The van der Waals surface area contributed by atoms with Gasteiger partial charge in [0.1, 0.15) is 5.52 Å². The van der Waals surface area contributed by atoms with Crippen LogP contribution in [0.5, 0.6) is 0 Å². The van der Waals surface area contributed by atoms with Crippen LogP contribution in [0, 0.1) is 0 Å². The number of anilines is 3. The van der Waals surface area contributed by atoms with Gasteiger partial charge in [-0.25, -0.2) is 4.98 Å². The van der Waals surface area contributed by atoms with Crippen molar-refractivity contribution in [2.45, 2.75) is 0 Å². The lowest BCUT2D eigenvalue weighted by atomic mass is 9.92. The highest BCUT2D eigenvalue weighted by atomic mass is 32.1. The molecule has 2 heterocycles. The minimum atomic E-state index is 0.638. The van der Waals surface area contributed by atoms with Gasteiger partial charge in [0.15, 0.2) is 5.58 Å². The van der Waals surface area contributed by atoms with Gasteiger partial charge in [-0.3, -0.25) is 0 Å². The third kappa shape index (κ3) is 5.95. The first-order chi connectivity index (χ1) is 28.2. The van der Waals surface area contributed by atoms with Gasteiger partial charge >= 0.3 is 0 Å². The molecule has 57 heavy (non-hydrogen) atoms. The van der Waals surface area contributed by atoms with Gasteiger partial charge in [-0.2, -0.15) is 0 Å². The zero-order valence-corrected chi connectivity index (χ0v) is 31.7. The second kappa shape index (κ2) is 13.8. The predicted octanol–water partition coefficient (Wildman–Crippen LogP) is 15.5. The number of aromatic nitrogens is 1. The minimum absolute atomic E-state index is 0.638. The zero-order valence-electron chi connectivity index (χ0n) is 30.8. The minimum Gasteiger partial charge on any atom is -0.436 e. The van der Waals surface area contributed by atoms with Crippen LogP contribution in [0.3, 0.4) is 0 Å². The third-order valence-corrected chi connectivity index (χ3v) is 12.1. The summed E-state index contributed by atoms with van der Waals surface area (Å²) in [5, 5.41) is 4.82.